The van der Waals surface area contributed by atoms with Gasteiger partial charge < -0.3 is 0 Å². The highest BCUT2D eigenvalue weighted by molar-refractivity contribution is 7.87. The van der Waals surface area contributed by atoms with Crippen molar-refractivity contribution in [2.24, 2.45) is 0 Å². The van der Waals surface area contributed by atoms with E-state index in [1.54, 1.807) is 30.3 Å². The van der Waals surface area contributed by atoms with Crippen LogP contribution >= 0.6 is 17.9 Å². The lowest BCUT2D eigenvalue weighted by Gasteiger charge is -2.06. The van der Waals surface area contributed by atoms with Gasteiger partial charge in [0.05, 0.1) is 0 Å². The van der Waals surface area contributed by atoms with Gasteiger partial charge in [0.1, 0.15) is 0 Å². The van der Waals surface area contributed by atoms with E-state index in [0.717, 1.165) is 0 Å². The Balaban J connectivity index is 2.76. The van der Waals surface area contributed by atoms with Gasteiger partial charge in [-0.15, -0.1) is 0 Å². The highest BCUT2D eigenvalue weighted by atomic mass is 35.7. The second-order valence-electron chi connectivity index (χ2n) is 2.63. The van der Waals surface area contributed by atoms with E-state index in [1.807, 2.05) is 0 Å². The first-order valence-electron chi connectivity index (χ1n) is 3.64. The van der Waals surface area contributed by atoms with Crippen molar-refractivity contribution in [3.8, 4) is 0 Å². The molecule has 1 rings (SSSR count). The van der Waals surface area contributed by atoms with Crippen LogP contribution in [0.15, 0.2) is 30.3 Å². The van der Waals surface area contributed by atoms with Crippen LogP contribution in [0.3, 0.4) is 0 Å². The van der Waals surface area contributed by atoms with Gasteiger partial charge in [0, 0.05) is 12.2 Å². The molecule has 1 aromatic carbocycles. The first-order chi connectivity index (χ1) is 5.99. The van der Waals surface area contributed by atoms with Gasteiger partial charge in [-0.1, -0.05) is 18.2 Å². The minimum Gasteiger partial charge on any atom is -0.291 e. The van der Waals surface area contributed by atoms with Crippen LogP contribution < -0.4 is 5.09 Å². The fraction of sp³-hybridized carbons (Fsp3) is 0.125. The summed E-state index contributed by atoms with van der Waals surface area (Å²) in [6.07, 6.45) is 0. The van der Waals surface area contributed by atoms with Crippen molar-refractivity contribution in [3.63, 3.8) is 0 Å². The molecule has 1 unspecified atom stereocenters. The Kier molecular flexibility index (Phi) is 3.12. The van der Waals surface area contributed by atoms with Crippen molar-refractivity contribution >= 4 is 23.8 Å². The molecule has 0 spiro atoms. The van der Waals surface area contributed by atoms with Gasteiger partial charge in [-0.2, -0.15) is 0 Å². The summed E-state index contributed by atoms with van der Waals surface area (Å²) in [7, 11) is 0. The second-order valence-corrected chi connectivity index (χ2v) is 6.43. The number of nitrogens with one attached hydrogen (secondary N) is 1. The molecule has 0 aliphatic carbocycles. The Bertz CT molecular complexity index is 346. The second kappa shape index (κ2) is 3.95. The summed E-state index contributed by atoms with van der Waals surface area (Å²) in [4.78, 5) is 11.3. The number of carbonyl (C=O) groups is 1. The number of carbonyl (C=O) groups excluding carboxylic acids is 1. The van der Waals surface area contributed by atoms with Crippen molar-refractivity contribution in [1.82, 2.24) is 5.09 Å². The molecule has 0 aromatic heterocycles. The Labute approximate surface area is 81.3 Å². The van der Waals surface area contributed by atoms with E-state index in [4.69, 9.17) is 11.2 Å². The topological polar surface area (TPSA) is 46.2 Å². The quantitative estimate of drug-likeness (QED) is 0.774. The van der Waals surface area contributed by atoms with Gasteiger partial charge >= 0.3 is 0 Å². The van der Waals surface area contributed by atoms with Crippen LogP contribution in [0, 0.1) is 0 Å². The van der Waals surface area contributed by atoms with E-state index in [9.17, 15) is 9.36 Å². The van der Waals surface area contributed by atoms with Crippen LogP contribution in [0.4, 0.5) is 0 Å². The highest BCUT2D eigenvalue weighted by Crippen LogP contribution is 2.41. The van der Waals surface area contributed by atoms with Gasteiger partial charge in [0.15, 0.2) is 0 Å². The van der Waals surface area contributed by atoms with Gasteiger partial charge in [-0.05, 0) is 23.4 Å². The smallest absolute Gasteiger partial charge is 0.257 e. The van der Waals surface area contributed by atoms with E-state index in [-0.39, 0.29) is 0 Å². The third-order valence-electron chi connectivity index (χ3n) is 1.34. The van der Waals surface area contributed by atoms with Gasteiger partial charge in [0.25, 0.3) is 12.6 Å². The predicted molar refractivity (Wildman–Crippen MR) is 53.3 cm³/mol. The highest BCUT2D eigenvalue weighted by Gasteiger charge is 2.14. The molecular formula is C8H9ClNO2P. The molecule has 1 N–H and O–H groups in total. The van der Waals surface area contributed by atoms with Gasteiger partial charge in [-0.3, -0.25) is 14.4 Å². The number of rotatable bonds is 2. The fourth-order valence-corrected chi connectivity index (χ4v) is 1.56. The summed E-state index contributed by atoms with van der Waals surface area (Å²) in [6, 6.07) is 8.50. The van der Waals surface area contributed by atoms with E-state index >= 15 is 0 Å². The predicted octanol–water partition coefficient (Wildman–Crippen LogP) is 2.48. The first-order valence-corrected chi connectivity index (χ1v) is 6.70. The molecule has 5 heteroatoms. The van der Waals surface area contributed by atoms with Crippen molar-refractivity contribution < 1.29 is 9.36 Å². The van der Waals surface area contributed by atoms with Crippen molar-refractivity contribution in [3.05, 3.63) is 35.9 Å². The van der Waals surface area contributed by atoms with E-state index < -0.39 is 12.6 Å². The molecule has 0 aliphatic heterocycles. The monoisotopic (exact) mass is 217 g/mol. The number of hydrogen-bond donors (Lipinski definition) is 1. The minimum atomic E-state index is -3.01. The third-order valence-corrected chi connectivity index (χ3v) is 2.19. The molecule has 1 atom stereocenters. The Morgan fingerprint density at radius 3 is 2.38 bits per heavy atom. The largest absolute Gasteiger partial charge is 0.291 e. The molecule has 0 saturated carbocycles. The number of amides is 1. The summed E-state index contributed by atoms with van der Waals surface area (Å²) in [5.41, 5.74) is 0.449. The third kappa shape index (κ3) is 3.62. The summed E-state index contributed by atoms with van der Waals surface area (Å²) in [5.74, 6) is -0.415. The lowest BCUT2D eigenvalue weighted by Crippen LogP contribution is -2.17. The lowest BCUT2D eigenvalue weighted by atomic mass is 10.2. The molecule has 70 valence electrons. The minimum absolute atomic E-state index is 0.415. The molecule has 0 radical (unpaired) electrons. The van der Waals surface area contributed by atoms with Crippen LogP contribution in [0.5, 0.6) is 0 Å². The molecule has 13 heavy (non-hydrogen) atoms. The van der Waals surface area contributed by atoms with E-state index in [1.165, 1.54) is 6.66 Å². The van der Waals surface area contributed by atoms with Crippen LogP contribution in [-0.4, -0.2) is 12.6 Å². The maximum Gasteiger partial charge on any atom is 0.257 e. The summed E-state index contributed by atoms with van der Waals surface area (Å²) >= 11 is 5.40. The molecule has 3 nitrogen and oxygen atoms in total. The normalized spacial score (nSPS) is 14.6. The fourth-order valence-electron chi connectivity index (χ4n) is 0.835. The standard InChI is InChI=1S/C8H9ClNO2P/c1-13(9,12)10-8(11)7-5-3-2-4-6-7/h2-6H,1H3,(H,10,11,12). The molecule has 0 saturated heterocycles. The number of benzene rings is 1. The maximum atomic E-state index is 11.3. The average Bonchev–Trinajstić information content (AvgIpc) is 2.03. The van der Waals surface area contributed by atoms with Crippen LogP contribution in [-0.2, 0) is 4.57 Å². The average molecular weight is 218 g/mol. The molecule has 0 aliphatic rings. The molecule has 0 heterocycles. The van der Waals surface area contributed by atoms with Crippen LogP contribution in [0.25, 0.3) is 0 Å². The van der Waals surface area contributed by atoms with Crippen LogP contribution in [0.2, 0.25) is 0 Å². The molecule has 1 amide bonds. The summed E-state index contributed by atoms with van der Waals surface area (Å²) in [5, 5.41) is 2.22. The van der Waals surface area contributed by atoms with Gasteiger partial charge in [0.2, 0.25) is 0 Å². The first kappa shape index (κ1) is 10.3. The lowest BCUT2D eigenvalue weighted by molar-refractivity contribution is 0.0981. The number of halogens is 1. The zero-order valence-corrected chi connectivity index (χ0v) is 8.68. The molecule has 0 bridgehead atoms. The molecule has 0 fully saturated rings. The zero-order valence-electron chi connectivity index (χ0n) is 7.03. The summed E-state index contributed by atoms with van der Waals surface area (Å²) in [6.45, 7) is -1.73. The van der Waals surface area contributed by atoms with E-state index in [2.05, 4.69) is 5.09 Å². The Morgan fingerprint density at radius 2 is 1.92 bits per heavy atom. The molecule has 1 aromatic rings. The SMILES string of the molecule is CP(=O)(Cl)NC(=O)c1ccccc1. The molecular weight excluding hydrogens is 209 g/mol. The van der Waals surface area contributed by atoms with Crippen LogP contribution in [0.1, 0.15) is 10.4 Å². The zero-order chi connectivity index (χ0) is 9.90. The van der Waals surface area contributed by atoms with Crippen molar-refractivity contribution in [1.29, 1.82) is 0 Å². The summed E-state index contributed by atoms with van der Waals surface area (Å²) < 4.78 is 11.0. The van der Waals surface area contributed by atoms with Gasteiger partial charge in [-0.25, -0.2) is 0 Å². The van der Waals surface area contributed by atoms with Crippen molar-refractivity contribution in [2.75, 3.05) is 6.66 Å². The van der Waals surface area contributed by atoms with Crippen molar-refractivity contribution in [2.45, 2.75) is 0 Å². The maximum absolute atomic E-state index is 11.3. The van der Waals surface area contributed by atoms with E-state index in [0.29, 0.717) is 5.56 Å². The number of hydrogen-bond acceptors (Lipinski definition) is 2. The Hall–Kier alpha value is -0.790. The Morgan fingerprint density at radius 1 is 1.38 bits per heavy atom.